The van der Waals surface area contributed by atoms with Crippen LogP contribution >= 0.6 is 0 Å². The van der Waals surface area contributed by atoms with Gasteiger partial charge in [-0.3, -0.25) is 14.4 Å². The highest BCUT2D eigenvalue weighted by atomic mass is 16.2. The van der Waals surface area contributed by atoms with E-state index in [1.54, 1.807) is 24.3 Å². The Kier molecular flexibility index (Phi) is 6.59. The van der Waals surface area contributed by atoms with Gasteiger partial charge in [-0.1, -0.05) is 18.2 Å². The van der Waals surface area contributed by atoms with E-state index >= 15 is 0 Å². The fraction of sp³-hybridized carbons (Fsp3) is 0.471. The van der Waals surface area contributed by atoms with E-state index in [4.69, 9.17) is 0 Å². The second-order valence-corrected chi connectivity index (χ2v) is 5.64. The summed E-state index contributed by atoms with van der Waals surface area (Å²) in [6.07, 6.45) is 2.97. The van der Waals surface area contributed by atoms with Crippen molar-refractivity contribution in [2.75, 3.05) is 19.6 Å². The van der Waals surface area contributed by atoms with E-state index in [-0.39, 0.29) is 23.6 Å². The zero-order valence-corrected chi connectivity index (χ0v) is 13.1. The first kappa shape index (κ1) is 17.0. The molecule has 2 rings (SSSR count). The van der Waals surface area contributed by atoms with Crippen LogP contribution in [-0.4, -0.2) is 37.4 Å². The van der Waals surface area contributed by atoms with E-state index in [1.807, 2.05) is 6.07 Å². The summed E-state index contributed by atoms with van der Waals surface area (Å²) in [5.74, 6) is 0.0911. The minimum absolute atomic E-state index is 0.0698. The molecular weight excluding hydrogens is 294 g/mol. The first-order chi connectivity index (χ1) is 11.2. The monoisotopic (exact) mass is 317 g/mol. The summed E-state index contributed by atoms with van der Waals surface area (Å²) in [6.45, 7) is 1.32. The topological polar surface area (TPSA) is 87.3 Å². The molecule has 6 nitrogen and oxygen atoms in total. The summed E-state index contributed by atoms with van der Waals surface area (Å²) in [5, 5.41) is 8.32. The number of hydrogen-bond acceptors (Lipinski definition) is 3. The molecule has 1 aliphatic rings. The molecule has 0 heterocycles. The Morgan fingerprint density at radius 1 is 0.913 bits per heavy atom. The third kappa shape index (κ3) is 6.50. The summed E-state index contributed by atoms with van der Waals surface area (Å²) in [6, 6.07) is 8.94. The summed E-state index contributed by atoms with van der Waals surface area (Å²) in [4.78, 5) is 34.8. The van der Waals surface area contributed by atoms with Gasteiger partial charge in [0.05, 0.1) is 0 Å². The zero-order chi connectivity index (χ0) is 16.5. The third-order valence-electron chi connectivity index (χ3n) is 3.60. The van der Waals surface area contributed by atoms with E-state index < -0.39 is 0 Å². The number of rotatable bonds is 9. The van der Waals surface area contributed by atoms with Gasteiger partial charge in [-0.25, -0.2) is 0 Å². The molecule has 1 fully saturated rings. The van der Waals surface area contributed by atoms with Crippen molar-refractivity contribution in [1.82, 2.24) is 16.0 Å². The Labute approximate surface area is 136 Å². The van der Waals surface area contributed by atoms with E-state index in [0.717, 1.165) is 12.8 Å². The van der Waals surface area contributed by atoms with Gasteiger partial charge in [0.1, 0.15) is 0 Å². The van der Waals surface area contributed by atoms with Crippen molar-refractivity contribution in [2.24, 2.45) is 5.92 Å². The minimum atomic E-state index is -0.150. The van der Waals surface area contributed by atoms with Crippen molar-refractivity contribution in [1.29, 1.82) is 0 Å². The minimum Gasteiger partial charge on any atom is -0.356 e. The molecule has 0 unspecified atom stereocenters. The highest BCUT2D eigenvalue weighted by Crippen LogP contribution is 2.28. The van der Waals surface area contributed by atoms with Crippen LogP contribution in [0.1, 0.15) is 36.0 Å². The second kappa shape index (κ2) is 8.92. The SMILES string of the molecule is O=C(CCCNC(=O)C1CC1)NCCNC(=O)c1ccccc1. The summed E-state index contributed by atoms with van der Waals surface area (Å²) in [5.41, 5.74) is 0.602. The summed E-state index contributed by atoms with van der Waals surface area (Å²) in [7, 11) is 0. The van der Waals surface area contributed by atoms with Crippen LogP contribution in [0.3, 0.4) is 0 Å². The Balaban J connectivity index is 1.48. The van der Waals surface area contributed by atoms with Crippen LogP contribution in [0.2, 0.25) is 0 Å². The number of hydrogen-bond donors (Lipinski definition) is 3. The highest BCUT2D eigenvalue weighted by molar-refractivity contribution is 5.94. The molecule has 0 atom stereocenters. The maximum Gasteiger partial charge on any atom is 0.251 e. The quantitative estimate of drug-likeness (QED) is 0.590. The number of carbonyl (C=O) groups excluding carboxylic acids is 3. The van der Waals surface area contributed by atoms with Gasteiger partial charge in [0.15, 0.2) is 0 Å². The predicted octanol–water partition coefficient (Wildman–Crippen LogP) is 0.839. The molecule has 0 aliphatic heterocycles. The van der Waals surface area contributed by atoms with Gasteiger partial charge in [0.2, 0.25) is 11.8 Å². The number of nitrogens with one attached hydrogen (secondary N) is 3. The van der Waals surface area contributed by atoms with Gasteiger partial charge in [0.25, 0.3) is 5.91 Å². The number of amides is 3. The van der Waals surface area contributed by atoms with Gasteiger partial charge >= 0.3 is 0 Å². The fourth-order valence-corrected chi connectivity index (χ4v) is 2.11. The van der Waals surface area contributed by atoms with Crippen LogP contribution in [0.4, 0.5) is 0 Å². The van der Waals surface area contributed by atoms with Crippen LogP contribution in [-0.2, 0) is 9.59 Å². The Bertz CT molecular complexity index is 541. The lowest BCUT2D eigenvalue weighted by molar-refractivity contribution is -0.123. The van der Waals surface area contributed by atoms with E-state index in [1.165, 1.54) is 0 Å². The first-order valence-corrected chi connectivity index (χ1v) is 8.04. The standard InChI is InChI=1S/C17H23N3O3/c21-15(7-4-10-19-17(23)14-8-9-14)18-11-12-20-16(22)13-5-2-1-3-6-13/h1-3,5-6,14H,4,7-12H2,(H,18,21)(H,19,23)(H,20,22). The van der Waals surface area contributed by atoms with Gasteiger partial charge in [-0.15, -0.1) is 0 Å². The van der Waals surface area contributed by atoms with Gasteiger partial charge in [0, 0.05) is 37.5 Å². The number of carbonyl (C=O) groups is 3. The van der Waals surface area contributed by atoms with Crippen molar-refractivity contribution in [3.05, 3.63) is 35.9 Å². The van der Waals surface area contributed by atoms with E-state index in [0.29, 0.717) is 38.0 Å². The lowest BCUT2D eigenvalue weighted by Gasteiger charge is -2.07. The normalized spacial score (nSPS) is 13.2. The molecule has 1 saturated carbocycles. The Hall–Kier alpha value is -2.37. The van der Waals surface area contributed by atoms with Crippen LogP contribution in [0.25, 0.3) is 0 Å². The smallest absolute Gasteiger partial charge is 0.251 e. The van der Waals surface area contributed by atoms with Crippen LogP contribution < -0.4 is 16.0 Å². The second-order valence-electron chi connectivity index (χ2n) is 5.64. The summed E-state index contributed by atoms with van der Waals surface area (Å²) < 4.78 is 0. The third-order valence-corrected chi connectivity index (χ3v) is 3.60. The molecule has 0 radical (unpaired) electrons. The van der Waals surface area contributed by atoms with Gasteiger partial charge in [-0.05, 0) is 31.4 Å². The molecule has 6 heteroatoms. The maximum absolute atomic E-state index is 11.8. The van der Waals surface area contributed by atoms with E-state index in [9.17, 15) is 14.4 Å². The molecule has 3 amide bonds. The predicted molar refractivity (Wildman–Crippen MR) is 86.8 cm³/mol. The molecule has 124 valence electrons. The molecular formula is C17H23N3O3. The van der Waals surface area contributed by atoms with Gasteiger partial charge in [-0.2, -0.15) is 0 Å². The first-order valence-electron chi connectivity index (χ1n) is 8.04. The average Bonchev–Trinajstić information content (AvgIpc) is 3.41. The van der Waals surface area contributed by atoms with Crippen molar-refractivity contribution in [3.8, 4) is 0 Å². The average molecular weight is 317 g/mol. The van der Waals surface area contributed by atoms with Crippen molar-refractivity contribution in [2.45, 2.75) is 25.7 Å². The molecule has 1 aliphatic carbocycles. The van der Waals surface area contributed by atoms with Gasteiger partial charge < -0.3 is 16.0 Å². The lowest BCUT2D eigenvalue weighted by atomic mass is 10.2. The molecule has 1 aromatic rings. The molecule has 0 saturated heterocycles. The lowest BCUT2D eigenvalue weighted by Crippen LogP contribution is -2.35. The zero-order valence-electron chi connectivity index (χ0n) is 13.1. The maximum atomic E-state index is 11.8. The summed E-state index contributed by atoms with van der Waals surface area (Å²) >= 11 is 0. The van der Waals surface area contributed by atoms with Crippen LogP contribution in [0.15, 0.2) is 30.3 Å². The molecule has 0 spiro atoms. The molecule has 0 aromatic heterocycles. The van der Waals surface area contributed by atoms with Crippen molar-refractivity contribution < 1.29 is 14.4 Å². The van der Waals surface area contributed by atoms with Crippen LogP contribution in [0.5, 0.6) is 0 Å². The van der Waals surface area contributed by atoms with E-state index in [2.05, 4.69) is 16.0 Å². The molecule has 1 aromatic carbocycles. The Morgan fingerprint density at radius 3 is 2.30 bits per heavy atom. The number of benzene rings is 1. The van der Waals surface area contributed by atoms with Crippen molar-refractivity contribution >= 4 is 17.7 Å². The van der Waals surface area contributed by atoms with Crippen molar-refractivity contribution in [3.63, 3.8) is 0 Å². The Morgan fingerprint density at radius 2 is 1.61 bits per heavy atom. The fourth-order valence-electron chi connectivity index (χ4n) is 2.11. The molecule has 0 bridgehead atoms. The largest absolute Gasteiger partial charge is 0.356 e. The molecule has 23 heavy (non-hydrogen) atoms. The van der Waals surface area contributed by atoms with Crippen LogP contribution in [0, 0.1) is 5.92 Å². The molecule has 3 N–H and O–H groups in total. The highest BCUT2D eigenvalue weighted by Gasteiger charge is 2.28.